The highest BCUT2D eigenvalue weighted by Gasteiger charge is 2.01. The second-order valence-corrected chi connectivity index (χ2v) is 4.61. The highest BCUT2D eigenvalue weighted by atomic mass is 79.9. The Hall–Kier alpha value is -0.410. The van der Waals surface area contributed by atoms with Crippen molar-refractivity contribution in [1.29, 1.82) is 0 Å². The summed E-state index contributed by atoms with van der Waals surface area (Å²) in [6.45, 7) is 2.07. The number of fused-ring (bicyclic) bond motifs is 1. The summed E-state index contributed by atoms with van der Waals surface area (Å²) < 4.78 is 1.93. The smallest absolute Gasteiger partial charge is 0.107 e. The van der Waals surface area contributed by atoms with Crippen LogP contribution in [0.5, 0.6) is 0 Å². The van der Waals surface area contributed by atoms with E-state index in [4.69, 9.17) is 0 Å². The predicted octanol–water partition coefficient (Wildman–Crippen LogP) is 4.07. The van der Waals surface area contributed by atoms with Crippen molar-refractivity contribution in [2.45, 2.75) is 6.92 Å². The van der Waals surface area contributed by atoms with Crippen molar-refractivity contribution in [3.63, 3.8) is 0 Å². The molecule has 0 spiro atoms. The lowest BCUT2D eigenvalue weighted by molar-refractivity contribution is 1.33. The molecule has 0 bridgehead atoms. The molecule has 0 saturated carbocycles. The number of aryl methyl sites for hydroxylation is 1. The van der Waals surface area contributed by atoms with Gasteiger partial charge in [-0.3, -0.25) is 0 Å². The number of pyridine rings is 1. The number of hydrogen-bond acceptors (Lipinski definition) is 1. The standard InChI is InChI=1S/C10H7Br2N/c1-6-2-3-7-8(11)5-10(12)13-9(7)4-6/h2-5H,1H3. The van der Waals surface area contributed by atoms with Gasteiger partial charge in [0.1, 0.15) is 4.60 Å². The molecule has 0 aliphatic rings. The van der Waals surface area contributed by atoms with Crippen LogP contribution in [0.1, 0.15) is 5.56 Å². The molecule has 0 fully saturated rings. The van der Waals surface area contributed by atoms with Gasteiger partial charge < -0.3 is 0 Å². The molecule has 0 saturated heterocycles. The van der Waals surface area contributed by atoms with E-state index in [1.165, 1.54) is 5.56 Å². The van der Waals surface area contributed by atoms with Gasteiger partial charge in [-0.25, -0.2) is 4.98 Å². The molecule has 1 heterocycles. The fourth-order valence-corrected chi connectivity index (χ4v) is 2.55. The van der Waals surface area contributed by atoms with Gasteiger partial charge in [0, 0.05) is 9.86 Å². The van der Waals surface area contributed by atoms with Crippen molar-refractivity contribution in [3.8, 4) is 0 Å². The largest absolute Gasteiger partial charge is 0.241 e. The molecule has 66 valence electrons. The van der Waals surface area contributed by atoms with Gasteiger partial charge in [-0.05, 0) is 56.5 Å². The average molecular weight is 301 g/mol. The van der Waals surface area contributed by atoms with Gasteiger partial charge in [0.15, 0.2) is 0 Å². The molecule has 3 heteroatoms. The number of rotatable bonds is 0. The van der Waals surface area contributed by atoms with E-state index in [1.54, 1.807) is 0 Å². The first-order valence-corrected chi connectivity index (χ1v) is 5.48. The zero-order valence-electron chi connectivity index (χ0n) is 7.01. The molecule has 0 aliphatic heterocycles. The molecule has 0 atom stereocenters. The van der Waals surface area contributed by atoms with Crippen molar-refractivity contribution in [3.05, 3.63) is 38.9 Å². The van der Waals surface area contributed by atoms with Crippen LogP contribution in [-0.2, 0) is 0 Å². The topological polar surface area (TPSA) is 12.9 Å². The quantitative estimate of drug-likeness (QED) is 0.668. The van der Waals surface area contributed by atoms with Gasteiger partial charge in [-0.15, -0.1) is 0 Å². The van der Waals surface area contributed by atoms with Crippen LogP contribution in [0.4, 0.5) is 0 Å². The number of hydrogen-bond donors (Lipinski definition) is 0. The Bertz CT molecular complexity index is 460. The van der Waals surface area contributed by atoms with E-state index in [-0.39, 0.29) is 0 Å². The normalized spacial score (nSPS) is 10.7. The molecule has 0 N–H and O–H groups in total. The van der Waals surface area contributed by atoms with Gasteiger partial charge in [0.25, 0.3) is 0 Å². The number of aromatic nitrogens is 1. The maximum absolute atomic E-state index is 4.38. The summed E-state index contributed by atoms with van der Waals surface area (Å²) in [5, 5.41) is 1.15. The van der Waals surface area contributed by atoms with Crippen molar-refractivity contribution >= 4 is 42.8 Å². The molecule has 0 amide bonds. The second kappa shape index (κ2) is 3.39. The molecule has 0 radical (unpaired) electrons. The molecular weight excluding hydrogens is 294 g/mol. The van der Waals surface area contributed by atoms with Crippen LogP contribution in [0.2, 0.25) is 0 Å². The van der Waals surface area contributed by atoms with E-state index in [2.05, 4.69) is 62.0 Å². The minimum Gasteiger partial charge on any atom is -0.241 e. The first-order chi connectivity index (χ1) is 6.16. The minimum absolute atomic E-state index is 0.859. The van der Waals surface area contributed by atoms with Crippen molar-refractivity contribution < 1.29 is 0 Å². The zero-order chi connectivity index (χ0) is 9.42. The molecule has 1 nitrogen and oxygen atoms in total. The van der Waals surface area contributed by atoms with Gasteiger partial charge in [-0.1, -0.05) is 12.1 Å². The molecule has 1 aromatic carbocycles. The first kappa shape index (κ1) is 9.16. The first-order valence-electron chi connectivity index (χ1n) is 3.89. The van der Waals surface area contributed by atoms with Crippen LogP contribution in [0, 0.1) is 6.92 Å². The van der Waals surface area contributed by atoms with E-state index in [9.17, 15) is 0 Å². The summed E-state index contributed by atoms with van der Waals surface area (Å²) in [7, 11) is 0. The van der Waals surface area contributed by atoms with Crippen LogP contribution in [0.3, 0.4) is 0 Å². The van der Waals surface area contributed by atoms with Crippen molar-refractivity contribution in [2.24, 2.45) is 0 Å². The third kappa shape index (κ3) is 1.76. The lowest BCUT2D eigenvalue weighted by atomic mass is 10.1. The van der Waals surface area contributed by atoms with Crippen LogP contribution in [0.25, 0.3) is 10.9 Å². The Morgan fingerprint density at radius 2 is 1.92 bits per heavy atom. The van der Waals surface area contributed by atoms with Crippen molar-refractivity contribution in [2.75, 3.05) is 0 Å². The number of benzene rings is 1. The summed E-state index contributed by atoms with van der Waals surface area (Å²) in [6, 6.07) is 8.19. The van der Waals surface area contributed by atoms with Gasteiger partial charge in [-0.2, -0.15) is 0 Å². The van der Waals surface area contributed by atoms with E-state index < -0.39 is 0 Å². The molecular formula is C10H7Br2N. The molecule has 2 rings (SSSR count). The van der Waals surface area contributed by atoms with Crippen LogP contribution >= 0.6 is 31.9 Å². The third-order valence-corrected chi connectivity index (χ3v) is 2.95. The van der Waals surface area contributed by atoms with Crippen molar-refractivity contribution in [1.82, 2.24) is 4.98 Å². The Morgan fingerprint density at radius 3 is 2.69 bits per heavy atom. The molecule has 13 heavy (non-hydrogen) atoms. The monoisotopic (exact) mass is 299 g/mol. The maximum atomic E-state index is 4.38. The molecule has 2 aromatic rings. The van der Waals surface area contributed by atoms with Gasteiger partial charge in [0.05, 0.1) is 5.52 Å². The molecule has 1 aromatic heterocycles. The molecule has 0 aliphatic carbocycles. The Balaban J connectivity index is 2.86. The van der Waals surface area contributed by atoms with Crippen LogP contribution < -0.4 is 0 Å². The van der Waals surface area contributed by atoms with E-state index in [0.717, 1.165) is 20.0 Å². The second-order valence-electron chi connectivity index (χ2n) is 2.95. The maximum Gasteiger partial charge on any atom is 0.107 e. The lowest BCUT2D eigenvalue weighted by Crippen LogP contribution is -1.82. The van der Waals surface area contributed by atoms with E-state index >= 15 is 0 Å². The summed E-state index contributed by atoms with van der Waals surface area (Å²) in [6.07, 6.45) is 0. The van der Waals surface area contributed by atoms with Gasteiger partial charge in [0.2, 0.25) is 0 Å². The zero-order valence-corrected chi connectivity index (χ0v) is 10.2. The van der Waals surface area contributed by atoms with Crippen LogP contribution in [-0.4, -0.2) is 4.98 Å². The summed E-state index contributed by atoms with van der Waals surface area (Å²) >= 11 is 6.87. The van der Waals surface area contributed by atoms with E-state index in [1.807, 2.05) is 6.07 Å². The third-order valence-electron chi connectivity index (χ3n) is 1.88. The number of nitrogens with zero attached hydrogens (tertiary/aromatic N) is 1. The minimum atomic E-state index is 0.859. The highest BCUT2D eigenvalue weighted by molar-refractivity contribution is 9.11. The SMILES string of the molecule is Cc1ccc2c(Br)cc(Br)nc2c1. The van der Waals surface area contributed by atoms with Gasteiger partial charge >= 0.3 is 0 Å². The number of halogens is 2. The highest BCUT2D eigenvalue weighted by Crippen LogP contribution is 2.26. The summed E-state index contributed by atoms with van der Waals surface area (Å²) in [5.74, 6) is 0. The fourth-order valence-electron chi connectivity index (χ4n) is 1.27. The predicted molar refractivity (Wildman–Crippen MR) is 61.9 cm³/mol. The van der Waals surface area contributed by atoms with Crippen LogP contribution in [0.15, 0.2) is 33.3 Å². The summed E-state index contributed by atoms with van der Waals surface area (Å²) in [5.41, 5.74) is 2.24. The Kier molecular flexibility index (Phi) is 2.39. The lowest BCUT2D eigenvalue weighted by Gasteiger charge is -2.01. The summed E-state index contributed by atoms with van der Waals surface area (Å²) in [4.78, 5) is 4.38. The average Bonchev–Trinajstić information content (AvgIpc) is 2.02. The molecule has 0 unspecified atom stereocenters. The fraction of sp³-hybridized carbons (Fsp3) is 0.100. The van der Waals surface area contributed by atoms with E-state index in [0.29, 0.717) is 0 Å². The Morgan fingerprint density at radius 1 is 1.15 bits per heavy atom. The Labute approximate surface area is 93.4 Å².